The van der Waals surface area contributed by atoms with Gasteiger partial charge in [0.15, 0.2) is 0 Å². The van der Waals surface area contributed by atoms with E-state index in [0.29, 0.717) is 6.04 Å². The Labute approximate surface area is 153 Å². The molecule has 4 rings (SSSR count). The summed E-state index contributed by atoms with van der Waals surface area (Å²) in [7, 11) is 3.92. The molecule has 0 N–H and O–H groups in total. The number of aromatic nitrogens is 1. The van der Waals surface area contributed by atoms with Crippen molar-refractivity contribution in [3.63, 3.8) is 0 Å². The monoisotopic (exact) mass is 354 g/mol. The van der Waals surface area contributed by atoms with Crippen molar-refractivity contribution in [2.75, 3.05) is 20.7 Å². The molecule has 0 fully saturated rings. The molecule has 3 nitrogen and oxygen atoms in total. The number of rotatable bonds is 3. The molecule has 0 saturated heterocycles. The van der Waals surface area contributed by atoms with Crippen molar-refractivity contribution in [3.8, 4) is 11.4 Å². The fourth-order valence-electron chi connectivity index (χ4n) is 4.13. The summed E-state index contributed by atoms with van der Waals surface area (Å²) in [6.07, 6.45) is 2.14. The molecule has 0 radical (unpaired) electrons. The minimum atomic E-state index is 0.414. The van der Waals surface area contributed by atoms with Crippen molar-refractivity contribution in [2.45, 2.75) is 25.8 Å². The van der Waals surface area contributed by atoms with Crippen LogP contribution in [-0.4, -0.2) is 30.2 Å². The van der Waals surface area contributed by atoms with Gasteiger partial charge in [-0.1, -0.05) is 18.5 Å². The standard InChI is InChI=1S/C21H23ClN2O/c1-4-19-21-17(11-12-23(19)2)18-13-14(22)5-10-20(18)24(21)15-6-8-16(25-3)9-7-15/h5-10,13,19H,4,11-12H2,1-3H3. The number of benzene rings is 2. The number of fused-ring (bicyclic) bond motifs is 3. The maximum atomic E-state index is 6.32. The van der Waals surface area contributed by atoms with Crippen LogP contribution in [0, 0.1) is 0 Å². The van der Waals surface area contributed by atoms with Crippen LogP contribution in [0.15, 0.2) is 42.5 Å². The molecule has 1 aromatic heterocycles. The summed E-state index contributed by atoms with van der Waals surface area (Å²) in [6.45, 7) is 3.35. The third-order valence-corrected chi connectivity index (χ3v) is 5.59. The van der Waals surface area contributed by atoms with Crippen LogP contribution in [0.2, 0.25) is 5.02 Å². The molecule has 0 spiro atoms. The lowest BCUT2D eigenvalue weighted by Crippen LogP contribution is -2.32. The van der Waals surface area contributed by atoms with E-state index < -0.39 is 0 Å². The van der Waals surface area contributed by atoms with Gasteiger partial charge in [0.25, 0.3) is 0 Å². The van der Waals surface area contributed by atoms with Crippen molar-refractivity contribution >= 4 is 22.5 Å². The quantitative estimate of drug-likeness (QED) is 0.640. The number of methoxy groups -OCH3 is 1. The van der Waals surface area contributed by atoms with E-state index in [-0.39, 0.29) is 0 Å². The second-order valence-electron chi connectivity index (χ2n) is 6.71. The van der Waals surface area contributed by atoms with Gasteiger partial charge in [0.1, 0.15) is 5.75 Å². The third kappa shape index (κ3) is 2.62. The van der Waals surface area contributed by atoms with E-state index in [0.717, 1.165) is 30.2 Å². The van der Waals surface area contributed by atoms with Crippen molar-refractivity contribution in [1.82, 2.24) is 9.47 Å². The fraction of sp³-hybridized carbons (Fsp3) is 0.333. The van der Waals surface area contributed by atoms with Gasteiger partial charge in [-0.3, -0.25) is 4.90 Å². The van der Waals surface area contributed by atoms with Gasteiger partial charge >= 0.3 is 0 Å². The molecular weight excluding hydrogens is 332 g/mol. The largest absolute Gasteiger partial charge is 0.497 e. The van der Waals surface area contributed by atoms with E-state index in [2.05, 4.69) is 47.7 Å². The first kappa shape index (κ1) is 16.5. The van der Waals surface area contributed by atoms with Gasteiger partial charge in [-0.2, -0.15) is 0 Å². The maximum Gasteiger partial charge on any atom is 0.119 e. The molecule has 0 amide bonds. The van der Waals surface area contributed by atoms with E-state index in [1.165, 1.54) is 27.8 Å². The zero-order chi connectivity index (χ0) is 17.6. The zero-order valence-electron chi connectivity index (χ0n) is 14.9. The molecule has 25 heavy (non-hydrogen) atoms. The summed E-state index contributed by atoms with van der Waals surface area (Å²) < 4.78 is 7.73. The molecule has 3 aromatic rings. The molecule has 2 aromatic carbocycles. The summed E-state index contributed by atoms with van der Waals surface area (Å²) in [5.41, 5.74) is 5.24. The highest BCUT2D eigenvalue weighted by atomic mass is 35.5. The molecule has 1 aliphatic heterocycles. The highest BCUT2D eigenvalue weighted by Crippen LogP contribution is 2.40. The molecule has 0 saturated carbocycles. The predicted molar refractivity (Wildman–Crippen MR) is 104 cm³/mol. The van der Waals surface area contributed by atoms with Crippen molar-refractivity contribution < 1.29 is 4.74 Å². The van der Waals surface area contributed by atoms with E-state index in [1.807, 2.05) is 18.2 Å². The summed E-state index contributed by atoms with van der Waals surface area (Å²) in [4.78, 5) is 2.46. The van der Waals surface area contributed by atoms with Gasteiger partial charge in [0, 0.05) is 28.3 Å². The molecule has 0 aliphatic carbocycles. The molecular formula is C21H23ClN2O. The minimum Gasteiger partial charge on any atom is -0.497 e. The Hall–Kier alpha value is -1.97. The molecule has 1 aliphatic rings. The second-order valence-corrected chi connectivity index (χ2v) is 7.15. The Morgan fingerprint density at radius 2 is 1.92 bits per heavy atom. The number of hydrogen-bond donors (Lipinski definition) is 0. The molecule has 2 heterocycles. The van der Waals surface area contributed by atoms with Crippen LogP contribution in [-0.2, 0) is 6.42 Å². The van der Waals surface area contributed by atoms with Crippen molar-refractivity contribution in [3.05, 3.63) is 58.7 Å². The first-order valence-electron chi connectivity index (χ1n) is 8.81. The van der Waals surface area contributed by atoms with Crippen molar-refractivity contribution in [2.24, 2.45) is 0 Å². The number of ether oxygens (including phenoxy) is 1. The first-order valence-corrected chi connectivity index (χ1v) is 9.19. The van der Waals surface area contributed by atoms with Gasteiger partial charge in [0.2, 0.25) is 0 Å². The van der Waals surface area contributed by atoms with Crippen LogP contribution < -0.4 is 4.74 Å². The number of hydrogen-bond acceptors (Lipinski definition) is 2. The van der Waals surface area contributed by atoms with Gasteiger partial charge in [-0.25, -0.2) is 0 Å². The summed E-state index contributed by atoms with van der Waals surface area (Å²) in [5.74, 6) is 0.876. The third-order valence-electron chi connectivity index (χ3n) is 5.35. The lowest BCUT2D eigenvalue weighted by atomic mass is 9.96. The Morgan fingerprint density at radius 3 is 2.60 bits per heavy atom. The average molecular weight is 355 g/mol. The molecule has 0 bridgehead atoms. The van der Waals surface area contributed by atoms with Crippen LogP contribution in [0.4, 0.5) is 0 Å². The van der Waals surface area contributed by atoms with Crippen molar-refractivity contribution in [1.29, 1.82) is 0 Å². The van der Waals surface area contributed by atoms with E-state index in [9.17, 15) is 0 Å². The zero-order valence-corrected chi connectivity index (χ0v) is 15.7. The first-order chi connectivity index (χ1) is 12.1. The van der Waals surface area contributed by atoms with Gasteiger partial charge in [-0.05, 0) is 67.9 Å². The summed E-state index contributed by atoms with van der Waals surface area (Å²) >= 11 is 6.32. The summed E-state index contributed by atoms with van der Waals surface area (Å²) in [5, 5.41) is 2.08. The minimum absolute atomic E-state index is 0.414. The molecule has 130 valence electrons. The van der Waals surface area contributed by atoms with Gasteiger partial charge in [0.05, 0.1) is 18.7 Å². The van der Waals surface area contributed by atoms with Crippen LogP contribution in [0.1, 0.15) is 30.6 Å². The Morgan fingerprint density at radius 1 is 1.16 bits per heavy atom. The maximum absolute atomic E-state index is 6.32. The van der Waals surface area contributed by atoms with Crippen LogP contribution in [0.5, 0.6) is 5.75 Å². The number of nitrogens with zero attached hydrogens (tertiary/aromatic N) is 2. The molecule has 4 heteroatoms. The van der Waals surface area contributed by atoms with Crippen LogP contribution in [0.25, 0.3) is 16.6 Å². The normalized spacial score (nSPS) is 17.7. The molecule has 1 unspecified atom stereocenters. The van der Waals surface area contributed by atoms with Crippen LogP contribution in [0.3, 0.4) is 0 Å². The van der Waals surface area contributed by atoms with Gasteiger partial charge in [-0.15, -0.1) is 0 Å². The number of likely N-dealkylation sites (N-methyl/N-ethyl adjacent to an activating group) is 1. The Bertz CT molecular complexity index is 914. The van der Waals surface area contributed by atoms with E-state index in [1.54, 1.807) is 7.11 Å². The SMILES string of the molecule is CCC1c2c(c3cc(Cl)ccc3n2-c2ccc(OC)cc2)CCN1C. The highest BCUT2D eigenvalue weighted by molar-refractivity contribution is 6.31. The topological polar surface area (TPSA) is 17.4 Å². The lowest BCUT2D eigenvalue weighted by molar-refractivity contribution is 0.219. The summed E-state index contributed by atoms with van der Waals surface area (Å²) in [6, 6.07) is 15.0. The van der Waals surface area contributed by atoms with E-state index in [4.69, 9.17) is 16.3 Å². The smallest absolute Gasteiger partial charge is 0.119 e. The number of halogens is 1. The van der Waals surface area contributed by atoms with Crippen LogP contribution >= 0.6 is 11.6 Å². The van der Waals surface area contributed by atoms with E-state index >= 15 is 0 Å². The highest BCUT2D eigenvalue weighted by Gasteiger charge is 2.30. The lowest BCUT2D eigenvalue weighted by Gasteiger charge is -2.33. The predicted octanol–water partition coefficient (Wildman–Crippen LogP) is 5.23. The molecule has 1 atom stereocenters. The fourth-order valence-corrected chi connectivity index (χ4v) is 4.30. The Balaban J connectivity index is 2.03. The Kier molecular flexibility index (Phi) is 4.22. The average Bonchev–Trinajstić information content (AvgIpc) is 2.95. The van der Waals surface area contributed by atoms with Gasteiger partial charge < -0.3 is 9.30 Å². The second kappa shape index (κ2) is 6.40.